The first-order valence-electron chi connectivity index (χ1n) is 8.71. The minimum Gasteiger partial charge on any atom is -0.458 e. The van der Waals surface area contributed by atoms with Crippen molar-refractivity contribution >= 4 is 34.5 Å². The lowest BCUT2D eigenvalue weighted by Crippen LogP contribution is -2.48. The lowest BCUT2D eigenvalue weighted by Gasteiger charge is -2.34. The van der Waals surface area contributed by atoms with Crippen molar-refractivity contribution in [1.82, 2.24) is 14.8 Å². The van der Waals surface area contributed by atoms with Gasteiger partial charge in [0.25, 0.3) is 0 Å². The van der Waals surface area contributed by atoms with Gasteiger partial charge in [-0.25, -0.2) is 9.59 Å². The number of aromatic nitrogens is 1. The maximum atomic E-state index is 12.8. The molecule has 0 saturated heterocycles. The van der Waals surface area contributed by atoms with Gasteiger partial charge in [0.2, 0.25) is 0 Å². The first kappa shape index (κ1) is 19.0. The zero-order valence-corrected chi connectivity index (χ0v) is 16.3. The molecule has 0 spiro atoms. The molecule has 1 aliphatic heterocycles. The van der Waals surface area contributed by atoms with Crippen LogP contribution in [0.5, 0.6) is 0 Å². The van der Waals surface area contributed by atoms with Gasteiger partial charge in [-0.1, -0.05) is 42.5 Å². The topological polar surface area (TPSA) is 63.6 Å². The van der Waals surface area contributed by atoms with Gasteiger partial charge in [-0.05, 0) is 19.9 Å². The molecule has 0 saturated carbocycles. The van der Waals surface area contributed by atoms with Gasteiger partial charge in [-0.15, -0.1) is 0 Å². The summed E-state index contributed by atoms with van der Waals surface area (Å²) in [6.45, 7) is 7.70. The monoisotopic (exact) mass is 387 g/mol. The van der Waals surface area contributed by atoms with E-state index in [2.05, 4.69) is 11.9 Å². The number of para-hydroxylation sites is 1. The number of halogens is 1. The van der Waals surface area contributed by atoms with Crippen LogP contribution in [-0.4, -0.2) is 34.6 Å². The number of fused-ring (bicyclic) bond motifs is 1. The Balaban J connectivity index is 2.22. The highest BCUT2D eigenvalue weighted by molar-refractivity contribution is 6.32. The van der Waals surface area contributed by atoms with E-state index in [-0.39, 0.29) is 12.6 Å². The Morgan fingerprint density at radius 3 is 2.78 bits per heavy atom. The third-order valence-corrected chi connectivity index (χ3v) is 5.28. The van der Waals surface area contributed by atoms with Gasteiger partial charge in [0, 0.05) is 35.8 Å². The normalized spacial score (nSPS) is 17.3. The smallest absolute Gasteiger partial charge is 0.338 e. The minimum absolute atomic E-state index is 0.0890. The Labute approximate surface area is 163 Å². The van der Waals surface area contributed by atoms with Crippen molar-refractivity contribution < 1.29 is 14.3 Å². The van der Waals surface area contributed by atoms with E-state index in [0.717, 1.165) is 10.9 Å². The van der Waals surface area contributed by atoms with Crippen LogP contribution in [-0.2, 0) is 16.6 Å². The van der Waals surface area contributed by atoms with Gasteiger partial charge < -0.3 is 14.6 Å². The lowest BCUT2D eigenvalue weighted by molar-refractivity contribution is -0.138. The van der Waals surface area contributed by atoms with E-state index < -0.39 is 12.0 Å². The highest BCUT2D eigenvalue weighted by Gasteiger charge is 2.38. The van der Waals surface area contributed by atoms with Crippen molar-refractivity contribution in [3.8, 4) is 0 Å². The molecule has 7 heteroatoms. The van der Waals surface area contributed by atoms with Gasteiger partial charge >= 0.3 is 12.0 Å². The number of carbonyl (C=O) groups is 2. The second-order valence-electron chi connectivity index (χ2n) is 6.29. The van der Waals surface area contributed by atoms with Crippen molar-refractivity contribution in [2.45, 2.75) is 19.9 Å². The van der Waals surface area contributed by atoms with Crippen LogP contribution < -0.4 is 5.32 Å². The Morgan fingerprint density at radius 1 is 1.41 bits per heavy atom. The molecule has 0 fully saturated rings. The Hall–Kier alpha value is -2.73. The Morgan fingerprint density at radius 2 is 2.11 bits per heavy atom. The summed E-state index contributed by atoms with van der Waals surface area (Å²) >= 11 is 6.62. The van der Waals surface area contributed by atoms with Crippen LogP contribution >= 0.6 is 11.6 Å². The molecule has 2 heterocycles. The number of rotatable bonds is 5. The molecule has 1 N–H and O–H groups in total. The van der Waals surface area contributed by atoms with E-state index in [4.69, 9.17) is 16.3 Å². The van der Waals surface area contributed by atoms with Crippen molar-refractivity contribution in [2.24, 2.45) is 7.05 Å². The van der Waals surface area contributed by atoms with Gasteiger partial charge in [-0.2, -0.15) is 0 Å². The number of amides is 2. The van der Waals surface area contributed by atoms with Gasteiger partial charge in [-0.3, -0.25) is 4.90 Å². The number of carbonyl (C=O) groups excluding carboxylic acids is 2. The maximum absolute atomic E-state index is 12.8. The molecule has 1 atom stereocenters. The van der Waals surface area contributed by atoms with Crippen LogP contribution in [0.3, 0.4) is 0 Å². The predicted octanol–water partition coefficient (Wildman–Crippen LogP) is 3.92. The number of allylic oxidation sites excluding steroid dienone is 1. The van der Waals surface area contributed by atoms with Crippen LogP contribution in [0.15, 0.2) is 48.2 Å². The van der Waals surface area contributed by atoms with Gasteiger partial charge in [0.05, 0.1) is 11.6 Å². The number of hydrogen-bond donors (Lipinski definition) is 1. The molecular formula is C20H22ClN3O3. The second-order valence-corrected chi connectivity index (χ2v) is 6.65. The van der Waals surface area contributed by atoms with Crippen LogP contribution in [0.4, 0.5) is 4.79 Å². The van der Waals surface area contributed by atoms with Crippen LogP contribution in [0.25, 0.3) is 10.9 Å². The fourth-order valence-corrected chi connectivity index (χ4v) is 3.82. The summed E-state index contributed by atoms with van der Waals surface area (Å²) in [5, 5.41) is 4.27. The van der Waals surface area contributed by atoms with E-state index in [1.807, 2.05) is 42.8 Å². The van der Waals surface area contributed by atoms with Crippen LogP contribution in [0, 0.1) is 0 Å². The predicted molar refractivity (Wildman–Crippen MR) is 105 cm³/mol. The summed E-state index contributed by atoms with van der Waals surface area (Å²) in [5.74, 6) is -0.500. The molecule has 1 aromatic carbocycles. The molecule has 0 bridgehead atoms. The molecule has 1 aliphatic rings. The number of ether oxygens (including phenoxy) is 1. The fourth-order valence-electron chi connectivity index (χ4n) is 3.52. The van der Waals surface area contributed by atoms with Crippen LogP contribution in [0.2, 0.25) is 5.15 Å². The number of benzene rings is 1. The molecule has 0 radical (unpaired) electrons. The highest BCUT2D eigenvalue weighted by atomic mass is 35.5. The SMILES string of the molecule is C=CCOC(=O)C1=C(C)N(CC)C(=O)NC1c1c(Cl)n(C)c2ccccc12. The second kappa shape index (κ2) is 7.48. The summed E-state index contributed by atoms with van der Waals surface area (Å²) in [7, 11) is 1.85. The summed E-state index contributed by atoms with van der Waals surface area (Å²) in [5.41, 5.74) is 2.53. The standard InChI is InChI=1S/C20H22ClN3O3/c1-5-11-27-19(25)15-12(3)24(6-2)20(26)22-17(15)16-13-9-7-8-10-14(13)23(4)18(16)21/h5,7-10,17H,1,6,11H2,2-4H3,(H,22,26). The van der Waals surface area contributed by atoms with Crippen molar-refractivity contribution in [3.05, 3.63) is 58.9 Å². The summed E-state index contributed by atoms with van der Waals surface area (Å²) in [6.07, 6.45) is 1.51. The zero-order valence-electron chi connectivity index (χ0n) is 15.6. The molecule has 2 amide bonds. The molecular weight excluding hydrogens is 366 g/mol. The van der Waals surface area contributed by atoms with Gasteiger partial charge in [0.15, 0.2) is 0 Å². The largest absolute Gasteiger partial charge is 0.458 e. The van der Waals surface area contributed by atoms with Crippen molar-refractivity contribution in [2.75, 3.05) is 13.2 Å². The number of urea groups is 1. The average Bonchev–Trinajstić information content (AvgIpc) is 2.90. The van der Waals surface area contributed by atoms with E-state index in [1.54, 1.807) is 6.92 Å². The molecule has 142 valence electrons. The molecule has 2 aromatic rings. The molecule has 1 unspecified atom stereocenters. The molecule has 0 aliphatic carbocycles. The van der Waals surface area contributed by atoms with Crippen LogP contribution in [0.1, 0.15) is 25.5 Å². The third kappa shape index (κ3) is 3.10. The van der Waals surface area contributed by atoms with Gasteiger partial charge in [0.1, 0.15) is 11.8 Å². The first-order valence-corrected chi connectivity index (χ1v) is 9.09. The fraction of sp³-hybridized carbons (Fsp3) is 0.300. The van der Waals surface area contributed by atoms with E-state index in [9.17, 15) is 9.59 Å². The molecule has 1 aromatic heterocycles. The summed E-state index contributed by atoms with van der Waals surface area (Å²) in [4.78, 5) is 27.0. The lowest BCUT2D eigenvalue weighted by atomic mass is 9.94. The van der Waals surface area contributed by atoms with Crippen molar-refractivity contribution in [3.63, 3.8) is 0 Å². The zero-order chi connectivity index (χ0) is 19.7. The highest BCUT2D eigenvalue weighted by Crippen LogP contribution is 2.40. The summed E-state index contributed by atoms with van der Waals surface area (Å²) < 4.78 is 7.14. The van der Waals surface area contributed by atoms with E-state index in [0.29, 0.717) is 28.5 Å². The minimum atomic E-state index is -0.698. The quantitative estimate of drug-likeness (QED) is 0.624. The first-order chi connectivity index (χ1) is 12.9. The maximum Gasteiger partial charge on any atom is 0.338 e. The number of nitrogens with zero attached hydrogens (tertiary/aromatic N) is 2. The average molecular weight is 388 g/mol. The molecule has 6 nitrogen and oxygen atoms in total. The number of esters is 1. The van der Waals surface area contributed by atoms with Crippen molar-refractivity contribution in [1.29, 1.82) is 0 Å². The number of aryl methyl sites for hydroxylation is 1. The third-order valence-electron chi connectivity index (χ3n) is 4.83. The molecule has 27 heavy (non-hydrogen) atoms. The van der Waals surface area contributed by atoms with E-state index >= 15 is 0 Å². The number of hydrogen-bond acceptors (Lipinski definition) is 3. The molecule has 3 rings (SSSR count). The van der Waals surface area contributed by atoms with E-state index in [1.165, 1.54) is 11.0 Å². The Bertz CT molecular complexity index is 961. The Kier molecular flexibility index (Phi) is 5.28. The number of nitrogens with one attached hydrogen (secondary N) is 1. The summed E-state index contributed by atoms with van der Waals surface area (Å²) in [6, 6.07) is 6.72.